The molecule has 5 nitrogen and oxygen atoms in total. The second-order valence-electron chi connectivity index (χ2n) is 6.63. The molecule has 25 heavy (non-hydrogen) atoms. The van der Waals surface area contributed by atoms with Crippen LogP contribution in [0, 0.1) is 11.8 Å². The van der Waals surface area contributed by atoms with Crippen LogP contribution >= 0.6 is 23.2 Å². The quantitative estimate of drug-likeness (QED) is 0.761. The summed E-state index contributed by atoms with van der Waals surface area (Å²) in [4.78, 5) is 26.6. The fourth-order valence-electron chi connectivity index (χ4n) is 3.77. The first kappa shape index (κ1) is 16.6. The average molecular weight is 378 g/mol. The van der Waals surface area contributed by atoms with Crippen LogP contribution in [0.25, 0.3) is 0 Å². The zero-order valence-electron chi connectivity index (χ0n) is 13.5. The highest BCUT2D eigenvalue weighted by Crippen LogP contribution is 2.41. The van der Waals surface area contributed by atoms with Crippen molar-refractivity contribution in [1.82, 2.24) is 9.78 Å². The van der Waals surface area contributed by atoms with E-state index >= 15 is 0 Å². The summed E-state index contributed by atoms with van der Waals surface area (Å²) >= 11 is 12.2. The van der Waals surface area contributed by atoms with Gasteiger partial charge >= 0.3 is 0 Å². The first-order valence-corrected chi connectivity index (χ1v) is 9.15. The highest BCUT2D eigenvalue weighted by molar-refractivity contribution is 6.35. The number of carbonyl (C=O) groups excluding carboxylic acids is 2. The Morgan fingerprint density at radius 3 is 2.20 bits per heavy atom. The lowest BCUT2D eigenvalue weighted by Crippen LogP contribution is -2.31. The SMILES string of the molecule is O=C1C2CCCCC2C(=O)N1c1nn(Cc2ccc(Cl)cc2)cc1Cl. The zero-order valence-corrected chi connectivity index (χ0v) is 15.0. The highest BCUT2D eigenvalue weighted by Gasteiger charge is 2.50. The van der Waals surface area contributed by atoms with Crippen molar-refractivity contribution in [3.63, 3.8) is 0 Å². The van der Waals surface area contributed by atoms with Gasteiger partial charge in [-0.25, -0.2) is 4.90 Å². The molecule has 1 aliphatic carbocycles. The van der Waals surface area contributed by atoms with E-state index in [4.69, 9.17) is 23.2 Å². The van der Waals surface area contributed by atoms with Gasteiger partial charge in [0.2, 0.25) is 11.8 Å². The molecule has 2 aromatic rings. The third-order valence-corrected chi connectivity index (χ3v) is 5.53. The molecular formula is C18H17Cl2N3O2. The van der Waals surface area contributed by atoms with Gasteiger partial charge in [0.1, 0.15) is 5.02 Å². The molecule has 2 heterocycles. The van der Waals surface area contributed by atoms with E-state index in [1.54, 1.807) is 23.0 Å². The first-order chi connectivity index (χ1) is 12.0. The summed E-state index contributed by atoms with van der Waals surface area (Å²) in [6, 6.07) is 7.42. The molecule has 0 radical (unpaired) electrons. The maximum atomic E-state index is 12.7. The van der Waals surface area contributed by atoms with Gasteiger partial charge in [-0.1, -0.05) is 48.2 Å². The van der Waals surface area contributed by atoms with Gasteiger partial charge in [0.05, 0.1) is 18.4 Å². The molecule has 7 heteroatoms. The Labute approximate surface area is 155 Å². The number of fused-ring (bicyclic) bond motifs is 1. The number of hydrogen-bond donors (Lipinski definition) is 0. The number of carbonyl (C=O) groups is 2. The van der Waals surface area contributed by atoms with Crippen molar-refractivity contribution >= 4 is 40.8 Å². The Morgan fingerprint density at radius 1 is 1.00 bits per heavy atom. The molecule has 0 bridgehead atoms. The predicted molar refractivity (Wildman–Crippen MR) is 95.7 cm³/mol. The predicted octanol–water partition coefficient (Wildman–Crippen LogP) is 3.92. The molecule has 1 saturated heterocycles. The van der Waals surface area contributed by atoms with Crippen molar-refractivity contribution in [1.29, 1.82) is 0 Å². The lowest BCUT2D eigenvalue weighted by molar-refractivity contribution is -0.122. The lowest BCUT2D eigenvalue weighted by atomic mass is 9.81. The summed E-state index contributed by atoms with van der Waals surface area (Å²) in [5.74, 6) is -0.487. The maximum absolute atomic E-state index is 12.7. The smallest absolute Gasteiger partial charge is 0.238 e. The Bertz CT molecular complexity index is 807. The van der Waals surface area contributed by atoms with Crippen LogP contribution in [0.5, 0.6) is 0 Å². The van der Waals surface area contributed by atoms with E-state index in [1.165, 1.54) is 4.90 Å². The molecule has 0 spiro atoms. The lowest BCUT2D eigenvalue weighted by Gasteiger charge is -2.19. The summed E-state index contributed by atoms with van der Waals surface area (Å²) in [6.07, 6.45) is 5.18. The third-order valence-electron chi connectivity index (χ3n) is 5.01. The second-order valence-corrected chi connectivity index (χ2v) is 7.48. The summed E-state index contributed by atoms with van der Waals surface area (Å²) < 4.78 is 1.64. The molecule has 1 saturated carbocycles. The van der Waals surface area contributed by atoms with Gasteiger partial charge < -0.3 is 0 Å². The minimum Gasteiger partial charge on any atom is -0.274 e. The fourth-order valence-corrected chi connectivity index (χ4v) is 4.13. The van der Waals surface area contributed by atoms with Crippen LogP contribution in [0.3, 0.4) is 0 Å². The normalized spacial score (nSPS) is 23.2. The van der Waals surface area contributed by atoms with E-state index in [0.717, 1.165) is 31.2 Å². The van der Waals surface area contributed by atoms with Crippen LogP contribution in [-0.2, 0) is 16.1 Å². The molecule has 2 amide bonds. The van der Waals surface area contributed by atoms with Crippen LogP contribution in [0.1, 0.15) is 31.2 Å². The molecular weight excluding hydrogens is 361 g/mol. The second kappa shape index (κ2) is 6.46. The number of hydrogen-bond acceptors (Lipinski definition) is 3. The summed E-state index contributed by atoms with van der Waals surface area (Å²) in [5.41, 5.74) is 1.00. The van der Waals surface area contributed by atoms with Gasteiger partial charge in [-0.3, -0.25) is 14.3 Å². The van der Waals surface area contributed by atoms with Crippen molar-refractivity contribution in [2.45, 2.75) is 32.2 Å². The number of imide groups is 1. The topological polar surface area (TPSA) is 55.2 Å². The number of rotatable bonds is 3. The fraction of sp³-hybridized carbons (Fsp3) is 0.389. The number of nitrogens with zero attached hydrogens (tertiary/aromatic N) is 3. The average Bonchev–Trinajstić information content (AvgIpc) is 3.08. The van der Waals surface area contributed by atoms with Crippen LogP contribution < -0.4 is 4.90 Å². The summed E-state index contributed by atoms with van der Waals surface area (Å²) in [6.45, 7) is 0.486. The Morgan fingerprint density at radius 2 is 1.60 bits per heavy atom. The van der Waals surface area contributed by atoms with Gasteiger partial charge in [0.25, 0.3) is 0 Å². The van der Waals surface area contributed by atoms with Crippen LogP contribution in [0.15, 0.2) is 30.5 Å². The Hall–Kier alpha value is -1.85. The largest absolute Gasteiger partial charge is 0.274 e. The maximum Gasteiger partial charge on any atom is 0.238 e. The monoisotopic (exact) mass is 377 g/mol. The van der Waals surface area contributed by atoms with E-state index in [9.17, 15) is 9.59 Å². The van der Waals surface area contributed by atoms with Gasteiger partial charge in [0.15, 0.2) is 5.82 Å². The van der Waals surface area contributed by atoms with Crippen molar-refractivity contribution in [3.8, 4) is 0 Å². The van der Waals surface area contributed by atoms with E-state index < -0.39 is 0 Å². The van der Waals surface area contributed by atoms with Crippen molar-refractivity contribution < 1.29 is 9.59 Å². The van der Waals surface area contributed by atoms with Gasteiger partial charge in [-0.2, -0.15) is 5.10 Å². The number of anilines is 1. The van der Waals surface area contributed by atoms with Crippen molar-refractivity contribution in [2.24, 2.45) is 11.8 Å². The molecule has 130 valence electrons. The molecule has 1 aromatic heterocycles. The highest BCUT2D eigenvalue weighted by atomic mass is 35.5. The summed E-state index contributed by atoms with van der Waals surface area (Å²) in [5, 5.41) is 5.38. The van der Waals surface area contributed by atoms with Crippen LogP contribution in [-0.4, -0.2) is 21.6 Å². The molecule has 4 rings (SSSR count). The van der Waals surface area contributed by atoms with Crippen LogP contribution in [0.4, 0.5) is 5.82 Å². The molecule has 2 aliphatic rings. The van der Waals surface area contributed by atoms with Crippen molar-refractivity contribution in [3.05, 3.63) is 46.1 Å². The standard InChI is InChI=1S/C18H17Cl2N3O2/c19-12-7-5-11(6-8-12)9-22-10-15(20)16(21-22)23-17(24)13-3-1-2-4-14(13)18(23)25/h5-8,10,13-14H,1-4,9H2. The molecule has 2 atom stereocenters. The van der Waals surface area contributed by atoms with E-state index in [0.29, 0.717) is 16.6 Å². The third kappa shape index (κ3) is 2.96. The molecule has 1 aromatic carbocycles. The molecule has 2 fully saturated rings. The van der Waals surface area contributed by atoms with E-state index in [2.05, 4.69) is 5.10 Å². The Kier molecular flexibility index (Phi) is 4.29. The molecule has 0 N–H and O–H groups in total. The van der Waals surface area contributed by atoms with Gasteiger partial charge in [-0.05, 0) is 30.5 Å². The van der Waals surface area contributed by atoms with Crippen molar-refractivity contribution in [2.75, 3.05) is 4.90 Å². The number of benzene rings is 1. The number of amides is 2. The molecule has 2 unspecified atom stereocenters. The van der Waals surface area contributed by atoms with Gasteiger partial charge in [0, 0.05) is 11.2 Å². The molecule has 1 aliphatic heterocycles. The van der Waals surface area contributed by atoms with Gasteiger partial charge in [-0.15, -0.1) is 0 Å². The number of halogens is 2. The minimum absolute atomic E-state index is 0.159. The zero-order chi connectivity index (χ0) is 17.6. The first-order valence-electron chi connectivity index (χ1n) is 8.40. The Balaban J connectivity index is 1.60. The van der Waals surface area contributed by atoms with E-state index in [-0.39, 0.29) is 29.5 Å². The summed E-state index contributed by atoms with van der Waals surface area (Å²) in [7, 11) is 0. The number of aromatic nitrogens is 2. The minimum atomic E-state index is -0.210. The van der Waals surface area contributed by atoms with E-state index in [1.807, 2.05) is 12.1 Å². The van der Waals surface area contributed by atoms with Crippen LogP contribution in [0.2, 0.25) is 10.0 Å².